The Bertz CT molecular complexity index is 1680. The summed E-state index contributed by atoms with van der Waals surface area (Å²) in [6, 6.07) is 14.0. The van der Waals surface area contributed by atoms with Crippen molar-refractivity contribution in [1.82, 2.24) is 29.5 Å². The molecule has 11 heteroatoms. The number of ether oxygens (including phenoxy) is 2. The van der Waals surface area contributed by atoms with Gasteiger partial charge in [-0.25, -0.2) is 4.98 Å². The van der Waals surface area contributed by atoms with Crippen molar-refractivity contribution in [3.63, 3.8) is 0 Å². The molecule has 2 aromatic carbocycles. The van der Waals surface area contributed by atoms with E-state index in [1.54, 1.807) is 26.5 Å². The molecular weight excluding hydrogens is 528 g/mol. The molecule has 3 aromatic heterocycles. The van der Waals surface area contributed by atoms with E-state index in [1.165, 1.54) is 5.69 Å². The minimum Gasteiger partial charge on any atom is -0.497 e. The van der Waals surface area contributed by atoms with Crippen molar-refractivity contribution >= 4 is 45.6 Å². The molecule has 0 bridgehead atoms. The number of piperazine rings is 1. The molecule has 0 saturated carbocycles. The molecule has 0 atom stereocenters. The Balaban J connectivity index is 1.34. The summed E-state index contributed by atoms with van der Waals surface area (Å²) in [6.07, 6.45) is 1.79. The van der Waals surface area contributed by atoms with Gasteiger partial charge < -0.3 is 24.6 Å². The molecule has 0 spiro atoms. The molecule has 6 rings (SSSR count). The normalized spacial score (nSPS) is 14.2. The van der Waals surface area contributed by atoms with Gasteiger partial charge in [-0.1, -0.05) is 18.5 Å². The standard InChI is InChI=1S/C29H31ClN8O2/c1-5-36-10-12-37(13-11-36)21-8-6-20(7-9-21)32-29-31-17-19-14-24(28-35-34-18(2)38(28)27(19)33-29)23-15-22(39-3)16-25(40-4)26(23)30/h6-9,14-17H,5,10-13H2,1-4H3,(H,31,32,33). The first kappa shape index (κ1) is 26.1. The smallest absolute Gasteiger partial charge is 0.229 e. The number of halogens is 1. The predicted molar refractivity (Wildman–Crippen MR) is 158 cm³/mol. The number of hydrogen-bond acceptors (Lipinski definition) is 9. The Morgan fingerprint density at radius 3 is 2.40 bits per heavy atom. The second-order valence-corrected chi connectivity index (χ2v) is 10.1. The molecule has 0 unspecified atom stereocenters. The highest BCUT2D eigenvalue weighted by atomic mass is 35.5. The van der Waals surface area contributed by atoms with E-state index in [4.69, 9.17) is 26.1 Å². The summed E-state index contributed by atoms with van der Waals surface area (Å²) in [5.74, 6) is 2.32. The highest BCUT2D eigenvalue weighted by Gasteiger charge is 2.20. The van der Waals surface area contributed by atoms with Crippen LogP contribution in [0.3, 0.4) is 0 Å². The summed E-state index contributed by atoms with van der Waals surface area (Å²) in [4.78, 5) is 14.4. The van der Waals surface area contributed by atoms with E-state index in [-0.39, 0.29) is 0 Å². The number of aromatic nitrogens is 5. The van der Waals surface area contributed by atoms with Gasteiger partial charge in [0.2, 0.25) is 5.95 Å². The van der Waals surface area contributed by atoms with Crippen LogP contribution in [-0.2, 0) is 0 Å². The Labute approximate surface area is 237 Å². The van der Waals surface area contributed by atoms with Crippen molar-refractivity contribution in [3.8, 4) is 22.6 Å². The minimum atomic E-state index is 0.458. The molecule has 0 aliphatic carbocycles. The second-order valence-electron chi connectivity index (χ2n) is 9.72. The van der Waals surface area contributed by atoms with Gasteiger partial charge in [0.15, 0.2) is 11.3 Å². The molecule has 4 heterocycles. The van der Waals surface area contributed by atoms with Gasteiger partial charge in [-0.3, -0.25) is 4.40 Å². The summed E-state index contributed by atoms with van der Waals surface area (Å²) in [5, 5.41) is 13.4. The molecule has 10 nitrogen and oxygen atoms in total. The number of rotatable bonds is 7. The molecule has 0 radical (unpaired) electrons. The Hall–Kier alpha value is -4.15. The molecule has 1 aliphatic rings. The first-order valence-corrected chi connectivity index (χ1v) is 13.6. The summed E-state index contributed by atoms with van der Waals surface area (Å²) in [7, 11) is 3.18. The van der Waals surface area contributed by atoms with Gasteiger partial charge in [-0.2, -0.15) is 4.98 Å². The topological polar surface area (TPSA) is 92.9 Å². The zero-order chi connectivity index (χ0) is 27.8. The lowest BCUT2D eigenvalue weighted by molar-refractivity contribution is 0.271. The number of anilines is 3. The number of methoxy groups -OCH3 is 2. The highest BCUT2D eigenvalue weighted by Crippen LogP contribution is 2.41. The van der Waals surface area contributed by atoms with E-state index >= 15 is 0 Å². The van der Waals surface area contributed by atoms with Crippen LogP contribution in [0.4, 0.5) is 17.3 Å². The summed E-state index contributed by atoms with van der Waals surface area (Å²) >= 11 is 6.74. The minimum absolute atomic E-state index is 0.458. The fraction of sp³-hybridized carbons (Fsp3) is 0.310. The third-order valence-electron chi connectivity index (χ3n) is 7.44. The van der Waals surface area contributed by atoms with E-state index in [9.17, 15) is 0 Å². The largest absolute Gasteiger partial charge is 0.497 e. The Morgan fingerprint density at radius 1 is 0.925 bits per heavy atom. The zero-order valence-corrected chi connectivity index (χ0v) is 23.7. The first-order valence-electron chi connectivity index (χ1n) is 13.3. The van der Waals surface area contributed by atoms with Crippen LogP contribution in [0.15, 0.2) is 48.7 Å². The lowest BCUT2D eigenvalue weighted by Gasteiger charge is -2.35. The van der Waals surface area contributed by atoms with Gasteiger partial charge in [-0.05, 0) is 49.9 Å². The van der Waals surface area contributed by atoms with Crippen molar-refractivity contribution in [2.24, 2.45) is 0 Å². The molecule has 1 saturated heterocycles. The lowest BCUT2D eigenvalue weighted by Crippen LogP contribution is -2.46. The molecule has 1 fully saturated rings. The number of nitrogens with one attached hydrogen (secondary N) is 1. The van der Waals surface area contributed by atoms with E-state index in [0.29, 0.717) is 39.6 Å². The van der Waals surface area contributed by atoms with Crippen LogP contribution >= 0.6 is 11.6 Å². The molecule has 40 heavy (non-hydrogen) atoms. The third-order valence-corrected chi connectivity index (χ3v) is 7.83. The number of hydrogen-bond donors (Lipinski definition) is 1. The molecule has 5 aromatic rings. The van der Waals surface area contributed by atoms with Crippen LogP contribution in [0.5, 0.6) is 11.5 Å². The maximum Gasteiger partial charge on any atom is 0.229 e. The van der Waals surface area contributed by atoms with Crippen LogP contribution < -0.4 is 19.7 Å². The number of nitrogens with zero attached hydrogens (tertiary/aromatic N) is 7. The maximum absolute atomic E-state index is 6.74. The summed E-state index contributed by atoms with van der Waals surface area (Å²) < 4.78 is 12.9. The Morgan fingerprint density at radius 2 is 1.70 bits per heavy atom. The van der Waals surface area contributed by atoms with Crippen molar-refractivity contribution in [3.05, 3.63) is 59.5 Å². The first-order chi connectivity index (χ1) is 19.5. The van der Waals surface area contributed by atoms with Gasteiger partial charge in [-0.15, -0.1) is 10.2 Å². The summed E-state index contributed by atoms with van der Waals surface area (Å²) in [6.45, 7) is 9.49. The van der Waals surface area contributed by atoms with E-state index in [0.717, 1.165) is 54.9 Å². The second kappa shape index (κ2) is 10.8. The van der Waals surface area contributed by atoms with Gasteiger partial charge >= 0.3 is 0 Å². The number of benzene rings is 2. The predicted octanol–water partition coefficient (Wildman–Crippen LogP) is 5.20. The molecule has 1 N–H and O–H groups in total. The number of likely N-dealkylation sites (N-methyl/N-ethyl adjacent to an activating group) is 1. The Kier molecular flexibility index (Phi) is 7.03. The van der Waals surface area contributed by atoms with Crippen LogP contribution in [0.25, 0.3) is 27.8 Å². The molecular formula is C29H31ClN8O2. The number of fused-ring (bicyclic) bond motifs is 3. The van der Waals surface area contributed by atoms with Crippen molar-refractivity contribution in [2.45, 2.75) is 13.8 Å². The maximum atomic E-state index is 6.74. The van der Waals surface area contributed by atoms with Gasteiger partial charge in [0, 0.05) is 66.3 Å². The van der Waals surface area contributed by atoms with Crippen LogP contribution in [-0.4, -0.2) is 76.4 Å². The summed E-state index contributed by atoms with van der Waals surface area (Å²) in [5.41, 5.74) is 4.95. The number of pyridine rings is 1. The van der Waals surface area contributed by atoms with E-state index < -0.39 is 0 Å². The van der Waals surface area contributed by atoms with Gasteiger partial charge in [0.05, 0.1) is 19.2 Å². The zero-order valence-electron chi connectivity index (χ0n) is 23.0. The van der Waals surface area contributed by atoms with Crippen molar-refractivity contribution in [2.75, 3.05) is 57.2 Å². The average Bonchev–Trinajstić information content (AvgIpc) is 3.39. The fourth-order valence-corrected chi connectivity index (χ4v) is 5.46. The van der Waals surface area contributed by atoms with Gasteiger partial charge in [0.1, 0.15) is 17.3 Å². The van der Waals surface area contributed by atoms with Crippen LogP contribution in [0.1, 0.15) is 12.7 Å². The average molecular weight is 559 g/mol. The van der Waals surface area contributed by atoms with Crippen LogP contribution in [0, 0.1) is 6.92 Å². The van der Waals surface area contributed by atoms with Crippen molar-refractivity contribution < 1.29 is 9.47 Å². The lowest BCUT2D eigenvalue weighted by atomic mass is 10.0. The third kappa shape index (κ3) is 4.73. The molecule has 0 amide bonds. The SMILES string of the molecule is CCN1CCN(c2ccc(Nc3ncc4cc(-c5cc(OC)cc(OC)c5Cl)c5nnc(C)n5c4n3)cc2)CC1. The van der Waals surface area contributed by atoms with Crippen LogP contribution in [0.2, 0.25) is 5.02 Å². The monoisotopic (exact) mass is 558 g/mol. The quantitative estimate of drug-likeness (QED) is 0.289. The van der Waals surface area contributed by atoms with E-state index in [1.807, 2.05) is 23.5 Å². The van der Waals surface area contributed by atoms with Crippen molar-refractivity contribution in [1.29, 1.82) is 0 Å². The highest BCUT2D eigenvalue weighted by molar-refractivity contribution is 6.35. The fourth-order valence-electron chi connectivity index (χ4n) is 5.17. The molecule has 206 valence electrons. The van der Waals surface area contributed by atoms with Gasteiger partial charge in [0.25, 0.3) is 0 Å². The molecule has 1 aliphatic heterocycles. The van der Waals surface area contributed by atoms with E-state index in [2.05, 4.69) is 61.5 Å². The number of aryl methyl sites for hydroxylation is 1.